The minimum atomic E-state index is 0.128. The molecule has 0 aliphatic rings. The van der Waals surface area contributed by atoms with Crippen LogP contribution < -0.4 is 11.1 Å². The maximum Gasteiger partial charge on any atom is 0.139 e. The molecule has 0 aliphatic heterocycles. The first kappa shape index (κ1) is 9.67. The molecule has 0 aliphatic carbocycles. The monoisotopic (exact) mass is 182 g/mol. The Morgan fingerprint density at radius 3 is 2.54 bits per heavy atom. The third-order valence-electron chi connectivity index (χ3n) is 1.86. The van der Waals surface area contributed by atoms with Gasteiger partial charge in [-0.3, -0.25) is 0 Å². The summed E-state index contributed by atoms with van der Waals surface area (Å²) in [6.07, 6.45) is 0. The Kier molecular flexibility index (Phi) is 2.97. The zero-order chi connectivity index (χ0) is 9.84. The Bertz CT molecular complexity index is 300. The van der Waals surface area contributed by atoms with Crippen molar-refractivity contribution in [2.45, 2.75) is 6.92 Å². The smallest absolute Gasteiger partial charge is 0.139 e. The minimum Gasteiger partial charge on any atom is -0.508 e. The number of hydrogen-bond acceptors (Lipinski definition) is 4. The molecule has 0 radical (unpaired) electrons. The molecule has 0 saturated carbocycles. The van der Waals surface area contributed by atoms with Gasteiger partial charge in [-0.05, 0) is 19.1 Å². The standard InChI is InChI=1S/C9H14N2O2/c1-6-7(12)2-3-8(13)9(6)11-5-4-10/h2-3,11-13H,4-5,10H2,1H3. The molecule has 1 rings (SSSR count). The Labute approximate surface area is 77.0 Å². The van der Waals surface area contributed by atoms with E-state index in [2.05, 4.69) is 5.32 Å². The second kappa shape index (κ2) is 4.00. The van der Waals surface area contributed by atoms with Crippen LogP contribution in [-0.4, -0.2) is 23.3 Å². The first-order valence-electron chi connectivity index (χ1n) is 4.12. The lowest BCUT2D eigenvalue weighted by molar-refractivity contribution is 0.458. The molecule has 72 valence electrons. The first-order chi connectivity index (χ1) is 6.16. The van der Waals surface area contributed by atoms with Crippen LogP contribution in [0.5, 0.6) is 11.5 Å². The molecule has 0 atom stereocenters. The summed E-state index contributed by atoms with van der Waals surface area (Å²) in [4.78, 5) is 0. The Hall–Kier alpha value is -1.42. The Morgan fingerprint density at radius 2 is 1.92 bits per heavy atom. The first-order valence-corrected chi connectivity index (χ1v) is 4.12. The molecule has 0 spiro atoms. The molecule has 1 aromatic carbocycles. The molecule has 4 heteroatoms. The van der Waals surface area contributed by atoms with Crippen LogP contribution in [-0.2, 0) is 0 Å². The zero-order valence-electron chi connectivity index (χ0n) is 7.54. The van der Waals surface area contributed by atoms with Gasteiger partial charge in [-0.1, -0.05) is 0 Å². The van der Waals surface area contributed by atoms with E-state index in [-0.39, 0.29) is 11.5 Å². The third-order valence-corrected chi connectivity index (χ3v) is 1.86. The SMILES string of the molecule is Cc1c(O)ccc(O)c1NCCN. The number of aromatic hydroxyl groups is 2. The number of phenols is 2. The molecule has 0 aromatic heterocycles. The van der Waals surface area contributed by atoms with Crippen LogP contribution in [0.25, 0.3) is 0 Å². The maximum atomic E-state index is 9.43. The highest BCUT2D eigenvalue weighted by molar-refractivity contribution is 5.65. The van der Waals surface area contributed by atoms with E-state index in [1.165, 1.54) is 12.1 Å². The average Bonchev–Trinajstić information content (AvgIpc) is 2.12. The topological polar surface area (TPSA) is 78.5 Å². The summed E-state index contributed by atoms with van der Waals surface area (Å²) in [5.74, 6) is 0.293. The number of nitrogens with one attached hydrogen (secondary N) is 1. The van der Waals surface area contributed by atoms with Gasteiger partial charge in [0.05, 0.1) is 5.69 Å². The fourth-order valence-electron chi connectivity index (χ4n) is 1.11. The molecular weight excluding hydrogens is 168 g/mol. The molecule has 5 N–H and O–H groups in total. The maximum absolute atomic E-state index is 9.43. The highest BCUT2D eigenvalue weighted by Gasteiger charge is 2.07. The van der Waals surface area contributed by atoms with Crippen molar-refractivity contribution in [3.8, 4) is 11.5 Å². The van der Waals surface area contributed by atoms with Crippen LogP contribution in [0, 0.1) is 6.92 Å². The predicted octanol–water partition coefficient (Wildman–Crippen LogP) is 0.777. The number of benzene rings is 1. The molecule has 4 nitrogen and oxygen atoms in total. The van der Waals surface area contributed by atoms with E-state index in [0.717, 1.165) is 0 Å². The number of nitrogens with two attached hydrogens (primary N) is 1. The van der Waals surface area contributed by atoms with Crippen molar-refractivity contribution in [3.05, 3.63) is 17.7 Å². The van der Waals surface area contributed by atoms with E-state index in [9.17, 15) is 10.2 Å². The number of anilines is 1. The molecule has 0 unspecified atom stereocenters. The van der Waals surface area contributed by atoms with Crippen LogP contribution in [0.1, 0.15) is 5.56 Å². The van der Waals surface area contributed by atoms with Gasteiger partial charge in [-0.25, -0.2) is 0 Å². The van der Waals surface area contributed by atoms with Crippen molar-refractivity contribution in [3.63, 3.8) is 0 Å². The second-order valence-corrected chi connectivity index (χ2v) is 2.82. The Morgan fingerprint density at radius 1 is 1.31 bits per heavy atom. The van der Waals surface area contributed by atoms with E-state index < -0.39 is 0 Å². The van der Waals surface area contributed by atoms with Crippen LogP contribution in [0.15, 0.2) is 12.1 Å². The van der Waals surface area contributed by atoms with Crippen molar-refractivity contribution in [2.75, 3.05) is 18.4 Å². The summed E-state index contributed by atoms with van der Waals surface area (Å²) >= 11 is 0. The van der Waals surface area contributed by atoms with E-state index in [4.69, 9.17) is 5.73 Å². The average molecular weight is 182 g/mol. The van der Waals surface area contributed by atoms with Crippen LogP contribution >= 0.6 is 0 Å². The number of phenolic OH excluding ortho intramolecular Hbond substituents is 2. The number of hydrogen-bond donors (Lipinski definition) is 4. The quantitative estimate of drug-likeness (QED) is 0.411. The molecule has 13 heavy (non-hydrogen) atoms. The van der Waals surface area contributed by atoms with Crippen LogP contribution in [0.4, 0.5) is 5.69 Å². The van der Waals surface area contributed by atoms with Gasteiger partial charge in [0.15, 0.2) is 0 Å². The van der Waals surface area contributed by atoms with Gasteiger partial charge < -0.3 is 21.3 Å². The zero-order valence-corrected chi connectivity index (χ0v) is 7.54. The van der Waals surface area contributed by atoms with Gasteiger partial charge in [-0.2, -0.15) is 0 Å². The molecular formula is C9H14N2O2. The molecule has 1 aromatic rings. The van der Waals surface area contributed by atoms with Gasteiger partial charge in [0.2, 0.25) is 0 Å². The molecule has 0 bridgehead atoms. The van der Waals surface area contributed by atoms with Gasteiger partial charge in [0.25, 0.3) is 0 Å². The third kappa shape index (κ3) is 2.03. The number of rotatable bonds is 3. The summed E-state index contributed by atoms with van der Waals surface area (Å²) in [6, 6.07) is 2.90. The highest BCUT2D eigenvalue weighted by Crippen LogP contribution is 2.32. The van der Waals surface area contributed by atoms with Crippen LogP contribution in [0.2, 0.25) is 0 Å². The van der Waals surface area contributed by atoms with Gasteiger partial charge in [0.1, 0.15) is 11.5 Å². The van der Waals surface area contributed by atoms with Crippen molar-refractivity contribution >= 4 is 5.69 Å². The summed E-state index contributed by atoms with van der Waals surface area (Å²) < 4.78 is 0. The van der Waals surface area contributed by atoms with Crippen molar-refractivity contribution in [1.82, 2.24) is 0 Å². The summed E-state index contributed by atoms with van der Waals surface area (Å²) in [7, 11) is 0. The highest BCUT2D eigenvalue weighted by atomic mass is 16.3. The minimum absolute atomic E-state index is 0.128. The lowest BCUT2D eigenvalue weighted by atomic mass is 10.1. The van der Waals surface area contributed by atoms with Gasteiger partial charge >= 0.3 is 0 Å². The second-order valence-electron chi connectivity index (χ2n) is 2.82. The lowest BCUT2D eigenvalue weighted by Crippen LogP contribution is -2.13. The van der Waals surface area contributed by atoms with E-state index in [1.54, 1.807) is 6.92 Å². The normalized spacial score (nSPS) is 10.0. The largest absolute Gasteiger partial charge is 0.508 e. The molecule has 0 fully saturated rings. The van der Waals surface area contributed by atoms with E-state index >= 15 is 0 Å². The molecule has 0 heterocycles. The van der Waals surface area contributed by atoms with E-state index in [0.29, 0.717) is 24.3 Å². The van der Waals surface area contributed by atoms with Gasteiger partial charge in [-0.15, -0.1) is 0 Å². The predicted molar refractivity (Wildman–Crippen MR) is 52.1 cm³/mol. The summed E-state index contributed by atoms with van der Waals surface area (Å²) in [5.41, 5.74) is 6.49. The fraction of sp³-hybridized carbons (Fsp3) is 0.333. The summed E-state index contributed by atoms with van der Waals surface area (Å²) in [6.45, 7) is 2.78. The van der Waals surface area contributed by atoms with Crippen molar-refractivity contribution < 1.29 is 10.2 Å². The molecule has 0 amide bonds. The van der Waals surface area contributed by atoms with Crippen LogP contribution in [0.3, 0.4) is 0 Å². The van der Waals surface area contributed by atoms with E-state index in [1.807, 2.05) is 0 Å². The fourth-order valence-corrected chi connectivity index (χ4v) is 1.11. The Balaban J connectivity index is 2.96. The van der Waals surface area contributed by atoms with Gasteiger partial charge in [0, 0.05) is 18.7 Å². The summed E-state index contributed by atoms with van der Waals surface area (Å²) in [5, 5.41) is 21.7. The van der Waals surface area contributed by atoms with Crippen molar-refractivity contribution in [1.29, 1.82) is 0 Å². The lowest BCUT2D eigenvalue weighted by Gasteiger charge is -2.11. The molecule has 0 saturated heterocycles. The van der Waals surface area contributed by atoms with Crippen molar-refractivity contribution in [2.24, 2.45) is 5.73 Å².